The molecule has 2 heteroatoms. The van der Waals surface area contributed by atoms with Crippen LogP contribution in [-0.2, 0) is 0 Å². The Balaban J connectivity index is 1.75. The van der Waals surface area contributed by atoms with Gasteiger partial charge in [0.25, 0.3) is 0 Å². The maximum atomic E-state index is 10.1. The lowest BCUT2D eigenvalue weighted by atomic mass is 9.78. The van der Waals surface area contributed by atoms with Crippen LogP contribution in [0.15, 0.2) is 0 Å². The molecular formula is C15H29NO. The highest BCUT2D eigenvalue weighted by Gasteiger charge is 2.34. The molecule has 0 aromatic rings. The predicted octanol–water partition coefficient (Wildman–Crippen LogP) is 2.76. The van der Waals surface area contributed by atoms with E-state index >= 15 is 0 Å². The quantitative estimate of drug-likeness (QED) is 0.797. The fourth-order valence-corrected chi connectivity index (χ4v) is 3.44. The summed E-state index contributed by atoms with van der Waals surface area (Å²) in [6.07, 6.45) is 6.15. The Hall–Kier alpha value is -0.0800. The molecule has 17 heavy (non-hydrogen) atoms. The van der Waals surface area contributed by atoms with Gasteiger partial charge in [-0.2, -0.15) is 0 Å². The van der Waals surface area contributed by atoms with Crippen molar-refractivity contribution in [3.05, 3.63) is 0 Å². The van der Waals surface area contributed by atoms with E-state index in [2.05, 4.69) is 25.8 Å². The minimum Gasteiger partial charge on any atom is -0.393 e. The molecule has 100 valence electrons. The molecule has 0 radical (unpaired) electrons. The van der Waals surface area contributed by atoms with E-state index in [0.717, 1.165) is 30.7 Å². The largest absolute Gasteiger partial charge is 0.393 e. The first-order valence-electron chi connectivity index (χ1n) is 7.46. The average Bonchev–Trinajstić information content (AvgIpc) is 2.97. The maximum absolute atomic E-state index is 10.1. The molecule has 2 aliphatic rings. The third-order valence-corrected chi connectivity index (χ3v) is 5.00. The standard InChI is InChI=1S/C15H29NO/c1-4-12-5-6-15(17)14(8-12)10-16(3)9-13-7-11(13)2/h11-15,17H,4-10H2,1-3H3. The predicted molar refractivity (Wildman–Crippen MR) is 71.9 cm³/mol. The molecule has 2 fully saturated rings. The van der Waals surface area contributed by atoms with Gasteiger partial charge in [-0.25, -0.2) is 0 Å². The number of aliphatic hydroxyl groups excluding tert-OH is 1. The third-order valence-electron chi connectivity index (χ3n) is 5.00. The normalized spacial score (nSPS) is 41.8. The third kappa shape index (κ3) is 3.69. The molecule has 0 bridgehead atoms. The number of rotatable bonds is 5. The van der Waals surface area contributed by atoms with Crippen molar-refractivity contribution in [2.45, 2.75) is 52.1 Å². The summed E-state index contributed by atoms with van der Waals surface area (Å²) in [4.78, 5) is 2.46. The maximum Gasteiger partial charge on any atom is 0.0580 e. The van der Waals surface area contributed by atoms with E-state index in [1.165, 1.54) is 32.2 Å². The number of hydrogen-bond acceptors (Lipinski definition) is 2. The molecule has 2 nitrogen and oxygen atoms in total. The minimum atomic E-state index is -0.0446. The second-order valence-electron chi connectivity index (χ2n) is 6.61. The highest BCUT2D eigenvalue weighted by atomic mass is 16.3. The van der Waals surface area contributed by atoms with Crippen LogP contribution in [0.1, 0.15) is 46.0 Å². The minimum absolute atomic E-state index is 0.0446. The molecule has 0 aromatic carbocycles. The van der Waals surface area contributed by atoms with Crippen molar-refractivity contribution in [3.63, 3.8) is 0 Å². The molecule has 0 amide bonds. The Bertz CT molecular complexity index is 243. The second-order valence-corrected chi connectivity index (χ2v) is 6.61. The van der Waals surface area contributed by atoms with Crippen LogP contribution in [0, 0.1) is 23.7 Å². The first-order chi connectivity index (χ1) is 8.10. The van der Waals surface area contributed by atoms with Gasteiger partial charge in [0, 0.05) is 13.1 Å². The van der Waals surface area contributed by atoms with Crippen LogP contribution < -0.4 is 0 Å². The topological polar surface area (TPSA) is 23.5 Å². The molecule has 5 unspecified atom stereocenters. The lowest BCUT2D eigenvalue weighted by Crippen LogP contribution is -2.38. The van der Waals surface area contributed by atoms with Crippen LogP contribution in [0.4, 0.5) is 0 Å². The molecule has 1 N–H and O–H groups in total. The lowest BCUT2D eigenvalue weighted by molar-refractivity contribution is 0.0302. The van der Waals surface area contributed by atoms with Gasteiger partial charge < -0.3 is 10.0 Å². The number of hydrogen-bond donors (Lipinski definition) is 1. The van der Waals surface area contributed by atoms with Gasteiger partial charge in [0.2, 0.25) is 0 Å². The van der Waals surface area contributed by atoms with Crippen LogP contribution in [0.2, 0.25) is 0 Å². The summed E-state index contributed by atoms with van der Waals surface area (Å²) in [5.74, 6) is 3.25. The van der Waals surface area contributed by atoms with Crippen LogP contribution in [0.25, 0.3) is 0 Å². The van der Waals surface area contributed by atoms with Gasteiger partial charge in [0.05, 0.1) is 6.10 Å². The highest BCUT2D eigenvalue weighted by Crippen LogP contribution is 2.38. The zero-order valence-electron chi connectivity index (χ0n) is 11.7. The summed E-state index contributed by atoms with van der Waals surface area (Å²) in [6.45, 7) is 6.97. The Morgan fingerprint density at radius 1 is 1.12 bits per heavy atom. The Kier molecular flexibility index (Phi) is 4.48. The van der Waals surface area contributed by atoms with Crippen LogP contribution in [0.3, 0.4) is 0 Å². The lowest BCUT2D eigenvalue weighted by Gasteiger charge is -2.35. The van der Waals surface area contributed by atoms with Crippen molar-refractivity contribution in [2.75, 3.05) is 20.1 Å². The van der Waals surface area contributed by atoms with E-state index in [-0.39, 0.29) is 6.10 Å². The zero-order chi connectivity index (χ0) is 12.4. The Morgan fingerprint density at radius 2 is 1.76 bits per heavy atom. The van der Waals surface area contributed by atoms with Gasteiger partial charge in [-0.05, 0) is 56.4 Å². The van der Waals surface area contributed by atoms with E-state index in [1.807, 2.05) is 0 Å². The van der Waals surface area contributed by atoms with Crippen LogP contribution >= 0.6 is 0 Å². The fourth-order valence-electron chi connectivity index (χ4n) is 3.44. The van der Waals surface area contributed by atoms with Crippen LogP contribution in [-0.4, -0.2) is 36.2 Å². The molecule has 2 aliphatic carbocycles. The fraction of sp³-hybridized carbons (Fsp3) is 1.00. The molecule has 0 heterocycles. The van der Waals surface area contributed by atoms with Gasteiger partial charge in [0.1, 0.15) is 0 Å². The summed E-state index contributed by atoms with van der Waals surface area (Å²) in [6, 6.07) is 0. The van der Waals surface area contributed by atoms with Gasteiger partial charge in [-0.3, -0.25) is 0 Å². The number of nitrogens with zero attached hydrogens (tertiary/aromatic N) is 1. The summed E-state index contributed by atoms with van der Waals surface area (Å²) >= 11 is 0. The van der Waals surface area contributed by atoms with Crippen LogP contribution in [0.5, 0.6) is 0 Å². The van der Waals surface area contributed by atoms with Crippen molar-refractivity contribution >= 4 is 0 Å². The molecule has 0 aromatic heterocycles. The molecule has 0 spiro atoms. The van der Waals surface area contributed by atoms with Crippen molar-refractivity contribution < 1.29 is 5.11 Å². The molecule has 2 saturated carbocycles. The highest BCUT2D eigenvalue weighted by molar-refractivity contribution is 4.86. The summed E-state index contributed by atoms with van der Waals surface area (Å²) in [5, 5.41) is 10.1. The summed E-state index contributed by atoms with van der Waals surface area (Å²) in [5.41, 5.74) is 0. The average molecular weight is 239 g/mol. The second kappa shape index (κ2) is 5.71. The molecule has 5 atom stereocenters. The molecule has 0 saturated heterocycles. The van der Waals surface area contributed by atoms with Crippen molar-refractivity contribution in [3.8, 4) is 0 Å². The smallest absolute Gasteiger partial charge is 0.0580 e. The monoisotopic (exact) mass is 239 g/mol. The van der Waals surface area contributed by atoms with E-state index in [0.29, 0.717) is 5.92 Å². The van der Waals surface area contributed by atoms with Crippen molar-refractivity contribution in [1.82, 2.24) is 4.90 Å². The molecule has 0 aliphatic heterocycles. The Morgan fingerprint density at radius 3 is 2.35 bits per heavy atom. The molecule has 2 rings (SSSR count). The molecular weight excluding hydrogens is 210 g/mol. The summed E-state index contributed by atoms with van der Waals surface area (Å²) < 4.78 is 0. The SMILES string of the molecule is CCC1CCC(O)C(CN(C)CC2CC2C)C1. The number of aliphatic hydroxyl groups is 1. The van der Waals surface area contributed by atoms with Gasteiger partial charge in [0.15, 0.2) is 0 Å². The Labute approximate surface area is 106 Å². The van der Waals surface area contributed by atoms with Gasteiger partial charge >= 0.3 is 0 Å². The van der Waals surface area contributed by atoms with E-state index in [9.17, 15) is 5.11 Å². The zero-order valence-corrected chi connectivity index (χ0v) is 11.7. The van der Waals surface area contributed by atoms with Crippen molar-refractivity contribution in [1.29, 1.82) is 0 Å². The van der Waals surface area contributed by atoms with E-state index in [4.69, 9.17) is 0 Å². The van der Waals surface area contributed by atoms with E-state index in [1.54, 1.807) is 0 Å². The van der Waals surface area contributed by atoms with Gasteiger partial charge in [-0.1, -0.05) is 20.3 Å². The van der Waals surface area contributed by atoms with Gasteiger partial charge in [-0.15, -0.1) is 0 Å². The first-order valence-corrected chi connectivity index (χ1v) is 7.46. The first kappa shape index (κ1) is 13.4. The van der Waals surface area contributed by atoms with Crippen molar-refractivity contribution in [2.24, 2.45) is 23.7 Å². The summed E-state index contributed by atoms with van der Waals surface area (Å²) in [7, 11) is 2.23. The van der Waals surface area contributed by atoms with E-state index < -0.39 is 0 Å².